The van der Waals surface area contributed by atoms with Crippen molar-refractivity contribution in [3.63, 3.8) is 0 Å². The molecule has 2 rings (SSSR count). The van der Waals surface area contributed by atoms with Crippen molar-refractivity contribution < 1.29 is 4.74 Å². The number of alkyl halides is 1. The number of halogens is 1. The molecule has 0 aromatic rings. The van der Waals surface area contributed by atoms with Crippen LogP contribution in [-0.4, -0.2) is 17.5 Å². The summed E-state index contributed by atoms with van der Waals surface area (Å²) in [5.74, 6) is 1.83. The van der Waals surface area contributed by atoms with Crippen molar-refractivity contribution in [1.29, 1.82) is 0 Å². The lowest BCUT2D eigenvalue weighted by Crippen LogP contribution is -2.25. The Hall–Kier alpha value is 0.440. The zero-order chi connectivity index (χ0) is 9.97. The van der Waals surface area contributed by atoms with Crippen LogP contribution in [0.2, 0.25) is 0 Å². The largest absolute Gasteiger partial charge is 0.374 e. The van der Waals surface area contributed by atoms with Crippen molar-refractivity contribution in [1.82, 2.24) is 0 Å². The highest BCUT2D eigenvalue weighted by atomic mass is 79.9. The summed E-state index contributed by atoms with van der Waals surface area (Å²) in [7, 11) is 0. The normalized spacial score (nSPS) is 44.1. The lowest BCUT2D eigenvalue weighted by Gasteiger charge is -2.30. The van der Waals surface area contributed by atoms with Crippen molar-refractivity contribution in [3.05, 3.63) is 0 Å². The van der Waals surface area contributed by atoms with E-state index in [1.165, 1.54) is 38.5 Å². The molecule has 1 aliphatic heterocycles. The maximum absolute atomic E-state index is 6.04. The molecule has 2 unspecified atom stereocenters. The van der Waals surface area contributed by atoms with Gasteiger partial charge < -0.3 is 4.74 Å². The molecule has 2 atom stereocenters. The molecule has 1 heterocycles. The number of hydrogen-bond donors (Lipinski definition) is 0. The molecule has 2 fully saturated rings. The Bertz CT molecular complexity index is 175. The van der Waals surface area contributed by atoms with Crippen LogP contribution in [0.5, 0.6) is 0 Å². The second kappa shape index (κ2) is 4.98. The molecule has 0 radical (unpaired) electrons. The van der Waals surface area contributed by atoms with E-state index in [4.69, 9.17) is 4.74 Å². The Kier molecular flexibility index (Phi) is 3.89. The van der Waals surface area contributed by atoms with Crippen LogP contribution in [0, 0.1) is 11.8 Å². The minimum Gasteiger partial charge on any atom is -0.374 e. The van der Waals surface area contributed by atoms with E-state index in [0.29, 0.717) is 12.2 Å². The Morgan fingerprint density at radius 3 is 2.36 bits per heavy atom. The Labute approximate surface area is 95.7 Å². The minimum absolute atomic E-state index is 0.499. The van der Waals surface area contributed by atoms with Crippen LogP contribution in [0.1, 0.15) is 45.4 Å². The molecule has 14 heavy (non-hydrogen) atoms. The average Bonchev–Trinajstić information content (AvgIpc) is 2.67. The van der Waals surface area contributed by atoms with Gasteiger partial charge in [-0.05, 0) is 37.5 Å². The second-order valence-corrected chi connectivity index (χ2v) is 5.70. The molecule has 1 saturated carbocycles. The Morgan fingerprint density at radius 1 is 1.07 bits per heavy atom. The van der Waals surface area contributed by atoms with Crippen LogP contribution in [-0.2, 0) is 4.74 Å². The maximum Gasteiger partial charge on any atom is 0.0676 e. The van der Waals surface area contributed by atoms with Crippen LogP contribution in [0.25, 0.3) is 0 Å². The van der Waals surface area contributed by atoms with E-state index in [0.717, 1.165) is 17.2 Å². The highest BCUT2D eigenvalue weighted by Gasteiger charge is 2.32. The van der Waals surface area contributed by atoms with Gasteiger partial charge in [-0.2, -0.15) is 0 Å². The van der Waals surface area contributed by atoms with Gasteiger partial charge in [0.15, 0.2) is 0 Å². The summed E-state index contributed by atoms with van der Waals surface area (Å²) in [5.41, 5.74) is 0. The first-order valence-electron chi connectivity index (χ1n) is 6.01. The zero-order valence-electron chi connectivity index (χ0n) is 9.05. The fourth-order valence-corrected chi connectivity index (χ4v) is 3.33. The van der Waals surface area contributed by atoms with Crippen molar-refractivity contribution in [3.8, 4) is 0 Å². The summed E-state index contributed by atoms with van der Waals surface area (Å²) in [4.78, 5) is 0. The molecule has 0 spiro atoms. The fourth-order valence-electron chi connectivity index (χ4n) is 2.85. The van der Waals surface area contributed by atoms with Crippen LogP contribution < -0.4 is 0 Å². The molecule has 1 saturated heterocycles. The fraction of sp³-hybridized carbons (Fsp3) is 1.00. The smallest absolute Gasteiger partial charge is 0.0676 e. The van der Waals surface area contributed by atoms with Gasteiger partial charge in [0.1, 0.15) is 0 Å². The molecule has 2 heteroatoms. The molecule has 82 valence electrons. The summed E-state index contributed by atoms with van der Waals surface area (Å²) >= 11 is 3.51. The van der Waals surface area contributed by atoms with Gasteiger partial charge in [-0.15, -0.1) is 0 Å². The van der Waals surface area contributed by atoms with Crippen LogP contribution in [0.15, 0.2) is 0 Å². The van der Waals surface area contributed by atoms with Crippen molar-refractivity contribution in [2.45, 2.75) is 57.7 Å². The van der Waals surface area contributed by atoms with Gasteiger partial charge in [-0.3, -0.25) is 0 Å². The first-order valence-corrected chi connectivity index (χ1v) is 7.13. The quantitative estimate of drug-likeness (QED) is 0.688. The molecule has 0 amide bonds. The highest BCUT2D eigenvalue weighted by Crippen LogP contribution is 2.36. The lowest BCUT2D eigenvalue weighted by atomic mass is 9.79. The predicted molar refractivity (Wildman–Crippen MR) is 62.8 cm³/mol. The summed E-state index contributed by atoms with van der Waals surface area (Å²) in [6.45, 7) is 2.38. The van der Waals surface area contributed by atoms with E-state index < -0.39 is 0 Å². The molecular formula is C12H21BrO. The van der Waals surface area contributed by atoms with Crippen LogP contribution in [0.3, 0.4) is 0 Å². The number of rotatable bonds is 2. The molecule has 0 bridgehead atoms. The van der Waals surface area contributed by atoms with Crippen molar-refractivity contribution in [2.75, 3.05) is 5.33 Å². The average molecular weight is 261 g/mol. The summed E-state index contributed by atoms with van der Waals surface area (Å²) < 4.78 is 6.04. The highest BCUT2D eigenvalue weighted by molar-refractivity contribution is 9.09. The van der Waals surface area contributed by atoms with Gasteiger partial charge in [0.05, 0.1) is 12.2 Å². The van der Waals surface area contributed by atoms with Crippen molar-refractivity contribution >= 4 is 15.9 Å². The van der Waals surface area contributed by atoms with E-state index in [1.807, 2.05) is 0 Å². The van der Waals surface area contributed by atoms with Gasteiger partial charge in [0.25, 0.3) is 0 Å². The standard InChI is InChI=1S/C12H21BrO/c1-9-2-4-10(5-3-9)12-7-6-11(8-13)14-12/h9-12H,2-8H2,1H3. The topological polar surface area (TPSA) is 9.23 Å². The summed E-state index contributed by atoms with van der Waals surface area (Å²) in [5, 5.41) is 1.02. The van der Waals surface area contributed by atoms with Gasteiger partial charge >= 0.3 is 0 Å². The van der Waals surface area contributed by atoms with Gasteiger partial charge in [-0.25, -0.2) is 0 Å². The van der Waals surface area contributed by atoms with Gasteiger partial charge in [0, 0.05) is 5.33 Å². The van der Waals surface area contributed by atoms with Crippen molar-refractivity contribution in [2.24, 2.45) is 11.8 Å². The zero-order valence-corrected chi connectivity index (χ0v) is 10.6. The molecule has 2 aliphatic rings. The minimum atomic E-state index is 0.499. The molecule has 0 N–H and O–H groups in total. The molecule has 0 aromatic carbocycles. The first kappa shape index (κ1) is 10.9. The lowest BCUT2D eigenvalue weighted by molar-refractivity contribution is 0.00676. The van der Waals surface area contributed by atoms with E-state index in [2.05, 4.69) is 22.9 Å². The molecule has 0 aromatic heterocycles. The monoisotopic (exact) mass is 260 g/mol. The molecule has 1 nitrogen and oxygen atoms in total. The Morgan fingerprint density at radius 2 is 1.79 bits per heavy atom. The summed E-state index contributed by atoms with van der Waals surface area (Å²) in [6, 6.07) is 0. The summed E-state index contributed by atoms with van der Waals surface area (Å²) in [6.07, 6.45) is 9.30. The third-order valence-electron chi connectivity index (χ3n) is 3.90. The van der Waals surface area contributed by atoms with E-state index in [9.17, 15) is 0 Å². The predicted octanol–water partition coefficient (Wildman–Crippen LogP) is 3.76. The third-order valence-corrected chi connectivity index (χ3v) is 4.62. The van der Waals surface area contributed by atoms with Crippen LogP contribution >= 0.6 is 15.9 Å². The van der Waals surface area contributed by atoms with Crippen LogP contribution in [0.4, 0.5) is 0 Å². The number of ether oxygens (including phenoxy) is 1. The van der Waals surface area contributed by atoms with E-state index >= 15 is 0 Å². The first-order chi connectivity index (χ1) is 6.79. The SMILES string of the molecule is CC1CCC(C2CCC(CBr)O2)CC1. The van der Waals surface area contributed by atoms with E-state index in [-0.39, 0.29) is 0 Å². The Balaban J connectivity index is 1.79. The van der Waals surface area contributed by atoms with Gasteiger partial charge in [0.2, 0.25) is 0 Å². The second-order valence-electron chi connectivity index (χ2n) is 5.05. The third kappa shape index (κ3) is 2.52. The van der Waals surface area contributed by atoms with Gasteiger partial charge in [-0.1, -0.05) is 35.7 Å². The maximum atomic E-state index is 6.04. The molecule has 1 aliphatic carbocycles. The molecular weight excluding hydrogens is 240 g/mol. The van der Waals surface area contributed by atoms with E-state index in [1.54, 1.807) is 0 Å². The number of hydrogen-bond acceptors (Lipinski definition) is 1.